The molecule has 84 valence electrons. The zero-order valence-corrected chi connectivity index (χ0v) is 8.72. The van der Waals surface area contributed by atoms with Crippen LogP contribution in [0.1, 0.15) is 18.6 Å². The van der Waals surface area contributed by atoms with Gasteiger partial charge < -0.3 is 13.9 Å². The molecule has 0 spiro atoms. The van der Waals surface area contributed by atoms with Crippen molar-refractivity contribution in [1.29, 1.82) is 0 Å². The largest absolute Gasteiger partial charge is 0.461 e. The Hall–Kier alpha value is -1.55. The molecule has 3 heterocycles. The maximum Gasteiger partial charge on any atom is 0.210 e. The van der Waals surface area contributed by atoms with E-state index in [2.05, 4.69) is 0 Å². The van der Waals surface area contributed by atoms with Crippen LogP contribution < -0.4 is 0 Å². The fraction of sp³-hybridized carbons (Fsp3) is 0.417. The molecule has 1 aromatic rings. The Morgan fingerprint density at radius 1 is 1.38 bits per heavy atom. The van der Waals surface area contributed by atoms with Gasteiger partial charge in [-0.25, -0.2) is 0 Å². The van der Waals surface area contributed by atoms with Gasteiger partial charge >= 0.3 is 0 Å². The number of ether oxygens (including phenoxy) is 2. The summed E-state index contributed by atoms with van der Waals surface area (Å²) in [4.78, 5) is 11.9. The van der Waals surface area contributed by atoms with Gasteiger partial charge in [-0.15, -0.1) is 0 Å². The quantitative estimate of drug-likeness (QED) is 0.726. The van der Waals surface area contributed by atoms with Gasteiger partial charge in [0.05, 0.1) is 18.8 Å². The van der Waals surface area contributed by atoms with Crippen molar-refractivity contribution in [2.24, 2.45) is 5.92 Å². The first-order valence-electron chi connectivity index (χ1n) is 5.42. The summed E-state index contributed by atoms with van der Waals surface area (Å²) in [6.45, 7) is 0.653. The lowest BCUT2D eigenvalue weighted by molar-refractivity contribution is -0.170. The number of hydrogen-bond acceptors (Lipinski definition) is 4. The highest BCUT2D eigenvalue weighted by Crippen LogP contribution is 2.32. The lowest BCUT2D eigenvalue weighted by Gasteiger charge is -2.33. The van der Waals surface area contributed by atoms with Gasteiger partial charge in [0.25, 0.3) is 0 Å². The third-order valence-electron chi connectivity index (χ3n) is 2.92. The standard InChI is InChI=1S/C12H12O4/c13-9-7-11(10-4-2-5-14-10)16-12-8(9)3-1-6-15-12/h2,4-5,7-8,12H,1,3,6H2/t8-,12-/m0/s1. The molecule has 0 N–H and O–H groups in total. The molecule has 0 radical (unpaired) electrons. The summed E-state index contributed by atoms with van der Waals surface area (Å²) < 4.78 is 16.3. The van der Waals surface area contributed by atoms with E-state index in [1.165, 1.54) is 6.08 Å². The van der Waals surface area contributed by atoms with Crippen molar-refractivity contribution < 1.29 is 18.7 Å². The van der Waals surface area contributed by atoms with E-state index in [-0.39, 0.29) is 11.7 Å². The first kappa shape index (κ1) is 9.66. The Balaban J connectivity index is 1.89. The van der Waals surface area contributed by atoms with Crippen LogP contribution in [0.5, 0.6) is 0 Å². The lowest BCUT2D eigenvalue weighted by Crippen LogP contribution is -2.38. The van der Waals surface area contributed by atoms with Crippen LogP contribution in [0.3, 0.4) is 0 Å². The van der Waals surface area contributed by atoms with Gasteiger partial charge in [-0.05, 0) is 25.0 Å². The van der Waals surface area contributed by atoms with Crippen molar-refractivity contribution >= 4 is 11.5 Å². The molecule has 3 rings (SSSR count). The molecule has 0 saturated carbocycles. The summed E-state index contributed by atoms with van der Waals surface area (Å²) in [5, 5.41) is 0. The normalized spacial score (nSPS) is 29.2. The van der Waals surface area contributed by atoms with E-state index in [1.807, 2.05) is 0 Å². The SMILES string of the molecule is O=C1C=C(c2ccco2)O[C@@H]2OCCC[C@@H]12. The first-order valence-corrected chi connectivity index (χ1v) is 5.42. The summed E-state index contributed by atoms with van der Waals surface area (Å²) in [6.07, 6.45) is 4.38. The molecule has 1 aromatic heterocycles. The van der Waals surface area contributed by atoms with Crippen LogP contribution in [-0.2, 0) is 14.3 Å². The zero-order chi connectivity index (χ0) is 11.0. The van der Waals surface area contributed by atoms with E-state index in [1.54, 1.807) is 18.4 Å². The average molecular weight is 220 g/mol. The molecule has 1 saturated heterocycles. The molecule has 0 amide bonds. The minimum absolute atomic E-state index is 0.0716. The Morgan fingerprint density at radius 3 is 3.12 bits per heavy atom. The Bertz CT molecular complexity index is 418. The Labute approximate surface area is 92.8 Å². The number of hydrogen-bond donors (Lipinski definition) is 0. The van der Waals surface area contributed by atoms with Gasteiger partial charge in [-0.1, -0.05) is 0 Å². The third kappa shape index (κ3) is 1.55. The summed E-state index contributed by atoms with van der Waals surface area (Å²) >= 11 is 0. The van der Waals surface area contributed by atoms with Gasteiger partial charge in [0.1, 0.15) is 0 Å². The molecular formula is C12H12O4. The number of carbonyl (C=O) groups is 1. The number of allylic oxidation sites excluding steroid dienone is 1. The number of furan rings is 1. The average Bonchev–Trinajstić information content (AvgIpc) is 2.82. The molecule has 0 bridgehead atoms. The highest BCUT2D eigenvalue weighted by molar-refractivity contribution is 5.98. The number of carbonyl (C=O) groups excluding carboxylic acids is 1. The highest BCUT2D eigenvalue weighted by atomic mass is 16.7. The summed E-state index contributed by atoms with van der Waals surface area (Å²) in [5.74, 6) is 0.967. The monoisotopic (exact) mass is 220 g/mol. The second kappa shape index (κ2) is 3.79. The van der Waals surface area contributed by atoms with Crippen LogP contribution in [0.15, 0.2) is 28.9 Å². The van der Waals surface area contributed by atoms with E-state index in [0.29, 0.717) is 18.1 Å². The molecule has 1 fully saturated rings. The molecule has 2 atom stereocenters. The fourth-order valence-corrected chi connectivity index (χ4v) is 2.09. The molecule has 2 aliphatic heterocycles. The predicted octanol–water partition coefficient (Wildman–Crippen LogP) is 1.97. The minimum atomic E-state index is -0.439. The number of rotatable bonds is 1. The topological polar surface area (TPSA) is 48.7 Å². The van der Waals surface area contributed by atoms with Crippen molar-refractivity contribution in [3.63, 3.8) is 0 Å². The van der Waals surface area contributed by atoms with Gasteiger partial charge in [-0.2, -0.15) is 0 Å². The van der Waals surface area contributed by atoms with Gasteiger partial charge in [0.15, 0.2) is 17.3 Å². The van der Waals surface area contributed by atoms with Crippen LogP contribution in [0.4, 0.5) is 0 Å². The Kier molecular flexibility index (Phi) is 2.29. The maximum atomic E-state index is 11.9. The summed E-state index contributed by atoms with van der Waals surface area (Å²) in [5.41, 5.74) is 0. The van der Waals surface area contributed by atoms with Crippen molar-refractivity contribution in [1.82, 2.24) is 0 Å². The van der Waals surface area contributed by atoms with Crippen LogP contribution >= 0.6 is 0 Å². The first-order chi connectivity index (χ1) is 7.84. The molecule has 0 aromatic carbocycles. The summed E-state index contributed by atoms with van der Waals surface area (Å²) in [6, 6.07) is 3.53. The van der Waals surface area contributed by atoms with Gasteiger partial charge in [0.2, 0.25) is 6.29 Å². The lowest BCUT2D eigenvalue weighted by atomic mass is 9.93. The smallest absolute Gasteiger partial charge is 0.210 e. The van der Waals surface area contributed by atoms with Crippen LogP contribution in [0.2, 0.25) is 0 Å². The van der Waals surface area contributed by atoms with Gasteiger partial charge in [-0.3, -0.25) is 4.79 Å². The molecule has 16 heavy (non-hydrogen) atoms. The third-order valence-corrected chi connectivity index (χ3v) is 2.92. The van der Waals surface area contributed by atoms with E-state index in [9.17, 15) is 4.79 Å². The van der Waals surface area contributed by atoms with Crippen molar-refractivity contribution in [2.45, 2.75) is 19.1 Å². The minimum Gasteiger partial charge on any atom is -0.461 e. The zero-order valence-electron chi connectivity index (χ0n) is 8.72. The Morgan fingerprint density at radius 2 is 2.31 bits per heavy atom. The predicted molar refractivity (Wildman–Crippen MR) is 55.2 cm³/mol. The van der Waals surface area contributed by atoms with E-state index >= 15 is 0 Å². The second-order valence-electron chi connectivity index (χ2n) is 3.99. The number of fused-ring (bicyclic) bond motifs is 1. The molecule has 0 unspecified atom stereocenters. The fourth-order valence-electron chi connectivity index (χ4n) is 2.09. The molecule has 0 aliphatic carbocycles. The van der Waals surface area contributed by atoms with Crippen molar-refractivity contribution in [3.8, 4) is 0 Å². The number of ketones is 1. The molecule has 4 nitrogen and oxygen atoms in total. The second-order valence-corrected chi connectivity index (χ2v) is 3.99. The summed E-state index contributed by atoms with van der Waals surface area (Å²) in [7, 11) is 0. The molecular weight excluding hydrogens is 208 g/mol. The van der Waals surface area contributed by atoms with Crippen LogP contribution in [0, 0.1) is 5.92 Å². The van der Waals surface area contributed by atoms with Crippen molar-refractivity contribution in [3.05, 3.63) is 30.2 Å². The molecule has 2 aliphatic rings. The molecule has 4 heteroatoms. The van der Waals surface area contributed by atoms with E-state index in [4.69, 9.17) is 13.9 Å². The van der Waals surface area contributed by atoms with E-state index in [0.717, 1.165) is 12.8 Å². The van der Waals surface area contributed by atoms with Gasteiger partial charge in [0, 0.05) is 6.08 Å². The van der Waals surface area contributed by atoms with Crippen molar-refractivity contribution in [2.75, 3.05) is 6.61 Å². The van der Waals surface area contributed by atoms with E-state index < -0.39 is 6.29 Å². The highest BCUT2D eigenvalue weighted by Gasteiger charge is 2.37. The maximum absolute atomic E-state index is 11.9. The van der Waals surface area contributed by atoms with Crippen LogP contribution in [0.25, 0.3) is 5.76 Å². The van der Waals surface area contributed by atoms with Crippen LogP contribution in [-0.4, -0.2) is 18.7 Å².